The fourth-order valence-corrected chi connectivity index (χ4v) is 2.89. The molecule has 1 aromatic carbocycles. The van der Waals surface area contributed by atoms with Crippen LogP contribution >= 0.6 is 0 Å². The van der Waals surface area contributed by atoms with Gasteiger partial charge in [-0.1, -0.05) is 6.92 Å². The smallest absolute Gasteiger partial charge is 0.0727 e. The number of nitrogens with two attached hydrogens (primary N) is 1. The Kier molecular flexibility index (Phi) is 3.97. The number of likely N-dealkylation sites (N-methyl/N-ethyl adjacent to an activating group) is 1. The van der Waals surface area contributed by atoms with Crippen LogP contribution in [0.15, 0.2) is 24.3 Å². The van der Waals surface area contributed by atoms with Gasteiger partial charge in [-0.15, -0.1) is 0 Å². The minimum atomic E-state index is 0.782. The Morgan fingerprint density at radius 3 is 2.86 bits per heavy atom. The summed E-state index contributed by atoms with van der Waals surface area (Å²) in [5.74, 6) is 0. The summed E-state index contributed by atoms with van der Waals surface area (Å²) in [6.07, 6.45) is 2.73. The minimum Gasteiger partial charge on any atom is -0.399 e. The highest BCUT2D eigenvalue weighted by atomic mass is 15.2. The van der Waals surface area contributed by atoms with Gasteiger partial charge in [-0.2, -0.15) is 0 Å². The Labute approximate surface area is 126 Å². The van der Waals surface area contributed by atoms with Crippen LogP contribution < -0.4 is 11.1 Å². The van der Waals surface area contributed by atoms with Gasteiger partial charge in [-0.05, 0) is 50.6 Å². The molecule has 1 aliphatic rings. The van der Waals surface area contributed by atoms with Crippen LogP contribution in [0.4, 0.5) is 11.4 Å². The highest BCUT2D eigenvalue weighted by Gasteiger charge is 2.27. The maximum atomic E-state index is 5.91. The molecule has 3 N–H and O–H groups in total. The molecule has 1 fully saturated rings. The van der Waals surface area contributed by atoms with Gasteiger partial charge in [0.2, 0.25) is 0 Å². The Morgan fingerprint density at radius 2 is 2.14 bits per heavy atom. The van der Waals surface area contributed by atoms with Crippen molar-refractivity contribution >= 4 is 22.3 Å². The Balaban J connectivity index is 1.74. The second-order valence-electron chi connectivity index (χ2n) is 5.87. The SMILES string of the molecule is CCN(CCNc1cc(C)nc2ccc(N)cc12)C1CC1. The molecule has 0 aliphatic heterocycles. The maximum absolute atomic E-state index is 5.91. The van der Waals surface area contributed by atoms with Crippen LogP contribution in [0.3, 0.4) is 0 Å². The molecule has 0 atom stereocenters. The van der Waals surface area contributed by atoms with Gasteiger partial charge >= 0.3 is 0 Å². The van der Waals surface area contributed by atoms with E-state index in [-0.39, 0.29) is 0 Å². The van der Waals surface area contributed by atoms with Gasteiger partial charge in [0.05, 0.1) is 5.52 Å². The van der Waals surface area contributed by atoms with Gasteiger partial charge < -0.3 is 11.1 Å². The van der Waals surface area contributed by atoms with Crippen molar-refractivity contribution in [2.45, 2.75) is 32.7 Å². The molecule has 1 aromatic heterocycles. The summed E-state index contributed by atoms with van der Waals surface area (Å²) in [7, 11) is 0. The summed E-state index contributed by atoms with van der Waals surface area (Å²) in [4.78, 5) is 7.12. The van der Waals surface area contributed by atoms with Crippen molar-refractivity contribution in [2.75, 3.05) is 30.7 Å². The molecule has 0 amide bonds. The lowest BCUT2D eigenvalue weighted by Crippen LogP contribution is -2.30. The van der Waals surface area contributed by atoms with Crippen LogP contribution in [0.5, 0.6) is 0 Å². The number of aromatic nitrogens is 1. The topological polar surface area (TPSA) is 54.2 Å². The predicted molar refractivity (Wildman–Crippen MR) is 89.7 cm³/mol. The molecule has 112 valence electrons. The van der Waals surface area contributed by atoms with Gasteiger partial charge in [0.15, 0.2) is 0 Å². The molecule has 0 bridgehead atoms. The zero-order chi connectivity index (χ0) is 14.8. The number of pyridine rings is 1. The summed E-state index contributed by atoms with van der Waals surface area (Å²) >= 11 is 0. The maximum Gasteiger partial charge on any atom is 0.0727 e. The van der Waals surface area contributed by atoms with E-state index < -0.39 is 0 Å². The largest absolute Gasteiger partial charge is 0.399 e. The third-order valence-corrected chi connectivity index (χ3v) is 4.14. The molecule has 1 saturated carbocycles. The number of hydrogen-bond donors (Lipinski definition) is 2. The van der Waals surface area contributed by atoms with Crippen LogP contribution in [0.25, 0.3) is 10.9 Å². The summed E-state index contributed by atoms with van der Waals surface area (Å²) in [6.45, 7) is 7.45. The van der Waals surface area contributed by atoms with Crippen molar-refractivity contribution in [1.82, 2.24) is 9.88 Å². The van der Waals surface area contributed by atoms with Gasteiger partial charge in [0.25, 0.3) is 0 Å². The van der Waals surface area contributed by atoms with E-state index in [4.69, 9.17) is 5.73 Å². The van der Waals surface area contributed by atoms with Crippen LogP contribution in [-0.2, 0) is 0 Å². The van der Waals surface area contributed by atoms with Crippen molar-refractivity contribution in [3.05, 3.63) is 30.0 Å². The molecule has 2 aromatic rings. The molecule has 0 unspecified atom stereocenters. The van der Waals surface area contributed by atoms with E-state index in [9.17, 15) is 0 Å². The first-order valence-electron chi connectivity index (χ1n) is 7.82. The average Bonchev–Trinajstić information content (AvgIpc) is 3.28. The van der Waals surface area contributed by atoms with Gasteiger partial charge in [-0.25, -0.2) is 0 Å². The van der Waals surface area contributed by atoms with Crippen LogP contribution in [-0.4, -0.2) is 35.6 Å². The second-order valence-corrected chi connectivity index (χ2v) is 5.87. The number of nitrogen functional groups attached to an aromatic ring is 1. The monoisotopic (exact) mass is 284 g/mol. The van der Waals surface area contributed by atoms with E-state index in [0.29, 0.717) is 0 Å². The van der Waals surface area contributed by atoms with E-state index in [1.54, 1.807) is 0 Å². The van der Waals surface area contributed by atoms with Crippen LogP contribution in [0.1, 0.15) is 25.5 Å². The Morgan fingerprint density at radius 1 is 1.33 bits per heavy atom. The number of hydrogen-bond acceptors (Lipinski definition) is 4. The minimum absolute atomic E-state index is 0.782. The first-order valence-corrected chi connectivity index (χ1v) is 7.82. The van der Waals surface area contributed by atoms with Crippen molar-refractivity contribution in [3.8, 4) is 0 Å². The first-order chi connectivity index (χ1) is 10.2. The van der Waals surface area contributed by atoms with E-state index in [2.05, 4.69) is 28.2 Å². The zero-order valence-corrected chi connectivity index (χ0v) is 12.9. The van der Waals surface area contributed by atoms with Crippen molar-refractivity contribution in [3.63, 3.8) is 0 Å². The van der Waals surface area contributed by atoms with Crippen LogP contribution in [0.2, 0.25) is 0 Å². The number of anilines is 2. The molecule has 0 spiro atoms. The summed E-state index contributed by atoms with van der Waals surface area (Å²) in [5, 5.41) is 4.67. The average molecular weight is 284 g/mol. The molecule has 0 saturated heterocycles. The van der Waals surface area contributed by atoms with E-state index in [1.165, 1.54) is 12.8 Å². The van der Waals surface area contributed by atoms with Crippen LogP contribution in [0, 0.1) is 6.92 Å². The number of nitrogens with one attached hydrogen (secondary N) is 1. The van der Waals surface area contributed by atoms with Gasteiger partial charge in [0, 0.05) is 41.6 Å². The second kappa shape index (κ2) is 5.90. The lowest BCUT2D eigenvalue weighted by atomic mass is 10.1. The lowest BCUT2D eigenvalue weighted by Gasteiger charge is -2.20. The Bertz CT molecular complexity index is 634. The highest BCUT2D eigenvalue weighted by Crippen LogP contribution is 2.27. The third-order valence-electron chi connectivity index (χ3n) is 4.14. The zero-order valence-electron chi connectivity index (χ0n) is 12.9. The molecule has 4 nitrogen and oxygen atoms in total. The van der Waals surface area contributed by atoms with E-state index in [1.807, 2.05) is 25.1 Å². The van der Waals surface area contributed by atoms with Crippen molar-refractivity contribution in [2.24, 2.45) is 0 Å². The fourth-order valence-electron chi connectivity index (χ4n) is 2.89. The normalized spacial score (nSPS) is 14.8. The van der Waals surface area contributed by atoms with Gasteiger partial charge in [0.1, 0.15) is 0 Å². The molecule has 1 aliphatic carbocycles. The molecule has 0 radical (unpaired) electrons. The standard InChI is InChI=1S/C17H24N4/c1-3-21(14-5-6-14)9-8-19-17-10-12(2)20-16-7-4-13(18)11-15(16)17/h4,7,10-11,14H,3,5-6,8-9,18H2,1-2H3,(H,19,20). The first kappa shape index (κ1) is 14.1. The summed E-state index contributed by atoms with van der Waals surface area (Å²) in [5.41, 5.74) is 9.86. The Hall–Kier alpha value is -1.81. The summed E-state index contributed by atoms with van der Waals surface area (Å²) < 4.78 is 0. The number of benzene rings is 1. The molecule has 3 rings (SSSR count). The molecule has 21 heavy (non-hydrogen) atoms. The quantitative estimate of drug-likeness (QED) is 0.801. The van der Waals surface area contributed by atoms with Gasteiger partial charge in [-0.3, -0.25) is 9.88 Å². The van der Waals surface area contributed by atoms with E-state index >= 15 is 0 Å². The van der Waals surface area contributed by atoms with Crippen molar-refractivity contribution in [1.29, 1.82) is 0 Å². The lowest BCUT2D eigenvalue weighted by molar-refractivity contribution is 0.289. The highest BCUT2D eigenvalue weighted by molar-refractivity contribution is 5.93. The molecule has 4 heteroatoms. The number of nitrogens with zero attached hydrogens (tertiary/aromatic N) is 2. The number of rotatable bonds is 6. The number of fused-ring (bicyclic) bond motifs is 1. The third kappa shape index (κ3) is 3.27. The predicted octanol–water partition coefficient (Wildman–Crippen LogP) is 3.02. The molecular weight excluding hydrogens is 260 g/mol. The fraction of sp³-hybridized carbons (Fsp3) is 0.471. The molecule has 1 heterocycles. The summed E-state index contributed by atoms with van der Waals surface area (Å²) in [6, 6.07) is 8.83. The van der Waals surface area contributed by atoms with E-state index in [0.717, 1.165) is 53.6 Å². The van der Waals surface area contributed by atoms with Crippen molar-refractivity contribution < 1.29 is 0 Å². The number of aryl methyl sites for hydroxylation is 1. The molecular formula is C17H24N4.